The molecule has 0 N–H and O–H groups in total. The lowest BCUT2D eigenvalue weighted by atomic mass is 10.2. The van der Waals surface area contributed by atoms with Crippen LogP contribution in [0.3, 0.4) is 0 Å². The van der Waals surface area contributed by atoms with Gasteiger partial charge in [0, 0.05) is 12.5 Å². The van der Waals surface area contributed by atoms with Crippen molar-refractivity contribution < 1.29 is 14.5 Å². The summed E-state index contributed by atoms with van der Waals surface area (Å²) in [5, 5.41) is 10.5. The van der Waals surface area contributed by atoms with E-state index < -0.39 is 4.92 Å². The molecule has 0 fully saturated rings. The van der Waals surface area contributed by atoms with E-state index >= 15 is 0 Å². The number of non-ortho nitro benzene ring substituents is 1. The van der Waals surface area contributed by atoms with Crippen LogP contribution >= 0.6 is 0 Å². The molecule has 0 saturated carbocycles. The lowest BCUT2D eigenvalue weighted by molar-refractivity contribution is -0.384. The number of carbonyl (C=O) groups is 1. The van der Waals surface area contributed by atoms with Gasteiger partial charge in [0.25, 0.3) is 5.69 Å². The average Bonchev–Trinajstić information content (AvgIpc) is 2.29. The van der Waals surface area contributed by atoms with Crippen LogP contribution in [0.5, 0.6) is 5.75 Å². The molecule has 0 aliphatic rings. The molecule has 17 heavy (non-hydrogen) atoms. The Morgan fingerprint density at radius 1 is 1.41 bits per heavy atom. The first kappa shape index (κ1) is 13.2. The van der Waals surface area contributed by atoms with Gasteiger partial charge in [-0.15, -0.1) is 0 Å². The molecule has 5 heteroatoms. The third kappa shape index (κ3) is 4.63. The first-order valence-corrected chi connectivity index (χ1v) is 5.58. The maximum absolute atomic E-state index is 11.4. The minimum absolute atomic E-state index is 0.0798. The lowest BCUT2D eigenvalue weighted by Gasteiger charge is -2.03. The van der Waals surface area contributed by atoms with Gasteiger partial charge in [0.1, 0.15) is 5.75 Å². The number of nitro groups is 1. The normalized spacial score (nSPS) is 9.94. The molecule has 0 aliphatic carbocycles. The summed E-state index contributed by atoms with van der Waals surface area (Å²) >= 11 is 0. The highest BCUT2D eigenvalue weighted by atomic mass is 16.6. The zero-order valence-corrected chi connectivity index (χ0v) is 9.72. The van der Waals surface area contributed by atoms with Crippen molar-refractivity contribution in [3.05, 3.63) is 34.4 Å². The van der Waals surface area contributed by atoms with Crippen molar-refractivity contribution in [2.75, 3.05) is 0 Å². The van der Waals surface area contributed by atoms with E-state index in [1.54, 1.807) is 0 Å². The molecule has 1 aromatic rings. The summed E-state index contributed by atoms with van der Waals surface area (Å²) in [7, 11) is 0. The van der Waals surface area contributed by atoms with Crippen molar-refractivity contribution in [3.63, 3.8) is 0 Å². The van der Waals surface area contributed by atoms with Crippen molar-refractivity contribution in [3.8, 4) is 5.75 Å². The first-order chi connectivity index (χ1) is 8.13. The van der Waals surface area contributed by atoms with Gasteiger partial charge in [0.15, 0.2) is 0 Å². The Labute approximate surface area is 99.5 Å². The van der Waals surface area contributed by atoms with E-state index in [4.69, 9.17) is 4.74 Å². The second kappa shape index (κ2) is 6.62. The Morgan fingerprint density at radius 2 is 2.18 bits per heavy atom. The third-order valence-electron chi connectivity index (χ3n) is 2.24. The number of nitro benzene ring substituents is 1. The van der Waals surface area contributed by atoms with Crippen molar-refractivity contribution in [1.82, 2.24) is 0 Å². The maximum atomic E-state index is 11.4. The highest BCUT2D eigenvalue weighted by Crippen LogP contribution is 2.19. The molecule has 0 aromatic heterocycles. The molecule has 0 heterocycles. The topological polar surface area (TPSA) is 69.4 Å². The predicted molar refractivity (Wildman–Crippen MR) is 62.9 cm³/mol. The van der Waals surface area contributed by atoms with E-state index in [2.05, 4.69) is 0 Å². The molecule has 1 rings (SSSR count). The number of hydrogen-bond donors (Lipinski definition) is 0. The smallest absolute Gasteiger partial charge is 0.311 e. The monoisotopic (exact) mass is 237 g/mol. The Balaban J connectivity index is 2.53. The number of esters is 1. The first-order valence-electron chi connectivity index (χ1n) is 5.58. The molecule has 0 radical (unpaired) electrons. The molecule has 0 aliphatic heterocycles. The van der Waals surface area contributed by atoms with Gasteiger partial charge >= 0.3 is 5.97 Å². The quantitative estimate of drug-likeness (QED) is 0.250. The van der Waals surface area contributed by atoms with E-state index in [-0.39, 0.29) is 17.4 Å². The highest BCUT2D eigenvalue weighted by Gasteiger charge is 2.09. The van der Waals surface area contributed by atoms with Crippen molar-refractivity contribution in [2.24, 2.45) is 0 Å². The predicted octanol–water partition coefficient (Wildman–Crippen LogP) is 3.08. The van der Waals surface area contributed by atoms with Gasteiger partial charge in [0.05, 0.1) is 11.0 Å². The van der Waals surface area contributed by atoms with Crippen molar-refractivity contribution in [2.45, 2.75) is 32.6 Å². The number of rotatable bonds is 6. The number of nitrogens with zero attached hydrogens (tertiary/aromatic N) is 1. The molecular weight excluding hydrogens is 222 g/mol. The van der Waals surface area contributed by atoms with E-state index in [1.807, 2.05) is 6.92 Å². The number of unbranched alkanes of at least 4 members (excludes halogenated alkanes) is 2. The fourth-order valence-electron chi connectivity index (χ4n) is 1.36. The summed E-state index contributed by atoms with van der Waals surface area (Å²) in [5.41, 5.74) is -0.0798. The fourth-order valence-corrected chi connectivity index (χ4v) is 1.36. The maximum Gasteiger partial charge on any atom is 0.311 e. The molecule has 92 valence electrons. The third-order valence-corrected chi connectivity index (χ3v) is 2.24. The van der Waals surface area contributed by atoms with Crippen molar-refractivity contribution in [1.29, 1.82) is 0 Å². The van der Waals surface area contributed by atoms with Gasteiger partial charge in [-0.05, 0) is 12.5 Å². The minimum Gasteiger partial charge on any atom is -0.426 e. The van der Waals surface area contributed by atoms with E-state index in [0.29, 0.717) is 6.42 Å². The largest absolute Gasteiger partial charge is 0.426 e. The molecular formula is C12H15NO4. The summed E-state index contributed by atoms with van der Waals surface area (Å²) in [6.45, 7) is 2.05. The van der Waals surface area contributed by atoms with Gasteiger partial charge < -0.3 is 4.74 Å². The van der Waals surface area contributed by atoms with E-state index in [9.17, 15) is 14.9 Å². The summed E-state index contributed by atoms with van der Waals surface area (Å²) < 4.78 is 5.01. The molecule has 0 atom stereocenters. The van der Waals surface area contributed by atoms with Crippen LogP contribution in [-0.4, -0.2) is 10.9 Å². The molecule has 0 amide bonds. The minimum atomic E-state index is -0.519. The zero-order chi connectivity index (χ0) is 12.7. The van der Waals surface area contributed by atoms with Crippen LogP contribution in [0.15, 0.2) is 24.3 Å². The number of benzene rings is 1. The Bertz CT molecular complexity index is 403. The number of hydrogen-bond acceptors (Lipinski definition) is 4. The average molecular weight is 237 g/mol. The highest BCUT2D eigenvalue weighted by molar-refractivity contribution is 5.72. The van der Waals surface area contributed by atoms with E-state index in [1.165, 1.54) is 24.3 Å². The molecule has 1 aromatic carbocycles. The summed E-state index contributed by atoms with van der Waals surface area (Å²) in [4.78, 5) is 21.4. The van der Waals surface area contributed by atoms with Crippen LogP contribution in [0.2, 0.25) is 0 Å². The SMILES string of the molecule is CCCCCC(=O)Oc1cccc([N+](=O)[O-])c1. The van der Waals surface area contributed by atoms with Gasteiger partial charge in [-0.25, -0.2) is 0 Å². The summed E-state index contributed by atoms with van der Waals surface area (Å²) in [6.07, 6.45) is 3.13. The zero-order valence-electron chi connectivity index (χ0n) is 9.72. The molecule has 0 unspecified atom stereocenters. The fraction of sp³-hybridized carbons (Fsp3) is 0.417. The molecule has 0 bridgehead atoms. The lowest BCUT2D eigenvalue weighted by Crippen LogP contribution is -2.07. The van der Waals surface area contributed by atoms with E-state index in [0.717, 1.165) is 19.3 Å². The summed E-state index contributed by atoms with van der Waals surface area (Å²) in [5.74, 6) is -0.125. The van der Waals surface area contributed by atoms with Crippen LogP contribution in [0.25, 0.3) is 0 Å². The molecule has 0 spiro atoms. The van der Waals surface area contributed by atoms with Crippen LogP contribution in [-0.2, 0) is 4.79 Å². The Morgan fingerprint density at radius 3 is 2.82 bits per heavy atom. The second-order valence-corrected chi connectivity index (χ2v) is 3.69. The number of carbonyl (C=O) groups excluding carboxylic acids is 1. The second-order valence-electron chi connectivity index (χ2n) is 3.69. The standard InChI is InChI=1S/C12H15NO4/c1-2-3-4-8-12(14)17-11-7-5-6-10(9-11)13(15)16/h5-7,9H,2-4,8H2,1H3. The molecule has 5 nitrogen and oxygen atoms in total. The van der Waals surface area contributed by atoms with Gasteiger partial charge in [-0.2, -0.15) is 0 Å². The number of ether oxygens (including phenoxy) is 1. The molecule has 0 saturated heterocycles. The Hall–Kier alpha value is -1.91. The van der Waals surface area contributed by atoms with Gasteiger partial charge in [-0.1, -0.05) is 25.8 Å². The van der Waals surface area contributed by atoms with Crippen LogP contribution in [0, 0.1) is 10.1 Å². The Kier molecular flexibility index (Phi) is 5.13. The summed E-state index contributed by atoms with van der Waals surface area (Å²) in [6, 6.07) is 5.63. The van der Waals surface area contributed by atoms with Crippen molar-refractivity contribution >= 4 is 11.7 Å². The van der Waals surface area contributed by atoms with Crippen LogP contribution in [0.1, 0.15) is 32.6 Å². The van der Waals surface area contributed by atoms with Crippen LogP contribution < -0.4 is 4.74 Å². The van der Waals surface area contributed by atoms with Crippen LogP contribution in [0.4, 0.5) is 5.69 Å². The van der Waals surface area contributed by atoms with Gasteiger partial charge in [0.2, 0.25) is 0 Å². The van der Waals surface area contributed by atoms with Gasteiger partial charge in [-0.3, -0.25) is 14.9 Å².